The first-order valence-electron chi connectivity index (χ1n) is 9.80. The number of benzene rings is 2. The van der Waals surface area contributed by atoms with Crippen LogP contribution in [-0.2, 0) is 0 Å². The average molecular weight is 343 g/mol. The van der Waals surface area contributed by atoms with Crippen molar-refractivity contribution in [2.24, 2.45) is 5.92 Å². The molecule has 0 saturated heterocycles. The van der Waals surface area contributed by atoms with Gasteiger partial charge in [-0.1, -0.05) is 80.6 Å². The monoisotopic (exact) mass is 343 g/mol. The Morgan fingerprint density at radius 2 is 1.69 bits per heavy atom. The zero-order chi connectivity index (χ0) is 17.8. The summed E-state index contributed by atoms with van der Waals surface area (Å²) in [6.07, 6.45) is 8.27. The van der Waals surface area contributed by atoms with Gasteiger partial charge in [0.05, 0.1) is 11.2 Å². The minimum atomic E-state index is 0.249. The van der Waals surface area contributed by atoms with E-state index in [4.69, 9.17) is 4.98 Å². The van der Waals surface area contributed by atoms with Crippen molar-refractivity contribution in [3.05, 3.63) is 66.2 Å². The number of carbonyl (C=O) groups is 1. The lowest BCUT2D eigenvalue weighted by atomic mass is 9.95. The number of nitrogens with zero attached hydrogens (tertiary/aromatic N) is 1. The van der Waals surface area contributed by atoms with E-state index in [9.17, 15) is 4.79 Å². The Balaban J connectivity index is 1.61. The maximum Gasteiger partial charge on any atom is 0.163 e. The molecule has 0 aliphatic heterocycles. The van der Waals surface area contributed by atoms with E-state index >= 15 is 0 Å². The fraction of sp³-hybridized carbons (Fsp3) is 0.333. The fourth-order valence-corrected chi connectivity index (χ4v) is 4.15. The van der Waals surface area contributed by atoms with Gasteiger partial charge in [-0.25, -0.2) is 4.98 Å². The Morgan fingerprint density at radius 3 is 2.50 bits per heavy atom. The number of Topliss-reactive ketones (excluding diaryl/α,β-unsaturated/α-hetero) is 1. The van der Waals surface area contributed by atoms with Crippen LogP contribution < -0.4 is 0 Å². The van der Waals surface area contributed by atoms with Crippen LogP contribution in [0.5, 0.6) is 0 Å². The van der Waals surface area contributed by atoms with E-state index in [1.165, 1.54) is 32.1 Å². The zero-order valence-electron chi connectivity index (χ0n) is 15.2. The van der Waals surface area contributed by atoms with Crippen LogP contribution in [0.3, 0.4) is 0 Å². The average Bonchev–Trinajstić information content (AvgIpc) is 3.21. The molecule has 0 spiro atoms. The standard InChI is InChI=1S/C24H25NO/c26-24(16-8-11-18-9-4-5-10-18)21-17-23(19-12-2-1-3-13-19)25-22-15-7-6-14-20(21)22/h1-3,6-7,12-15,17-18H,4-5,8-11,16H2. The van der Waals surface area contributed by atoms with Crippen LogP contribution in [0.25, 0.3) is 22.2 Å². The van der Waals surface area contributed by atoms with Crippen molar-refractivity contribution in [2.75, 3.05) is 0 Å². The smallest absolute Gasteiger partial charge is 0.163 e. The van der Waals surface area contributed by atoms with Crippen LogP contribution in [0.4, 0.5) is 0 Å². The van der Waals surface area contributed by atoms with E-state index < -0.39 is 0 Å². The van der Waals surface area contributed by atoms with Crippen molar-refractivity contribution < 1.29 is 4.79 Å². The summed E-state index contributed by atoms with van der Waals surface area (Å²) in [6.45, 7) is 0. The van der Waals surface area contributed by atoms with Crippen LogP contribution in [0.15, 0.2) is 60.7 Å². The first-order valence-corrected chi connectivity index (χ1v) is 9.80. The molecule has 0 atom stereocenters. The summed E-state index contributed by atoms with van der Waals surface area (Å²) in [6, 6.07) is 20.1. The molecule has 1 heterocycles. The maximum absolute atomic E-state index is 13.0. The predicted octanol–water partition coefficient (Wildman–Crippen LogP) is 6.45. The van der Waals surface area contributed by atoms with E-state index in [0.717, 1.165) is 40.1 Å². The largest absolute Gasteiger partial charge is 0.294 e. The molecule has 0 radical (unpaired) electrons. The number of carbonyl (C=O) groups excluding carboxylic acids is 1. The molecule has 3 aromatic rings. The van der Waals surface area contributed by atoms with Gasteiger partial charge in [-0.05, 0) is 24.5 Å². The highest BCUT2D eigenvalue weighted by Crippen LogP contribution is 2.30. The molecule has 0 unspecified atom stereocenters. The number of rotatable bonds is 6. The predicted molar refractivity (Wildman–Crippen MR) is 107 cm³/mol. The van der Waals surface area contributed by atoms with Gasteiger partial charge in [0.2, 0.25) is 0 Å². The van der Waals surface area contributed by atoms with Crippen LogP contribution in [0, 0.1) is 5.92 Å². The second-order valence-corrected chi connectivity index (χ2v) is 7.40. The third kappa shape index (κ3) is 3.70. The second-order valence-electron chi connectivity index (χ2n) is 7.40. The summed E-state index contributed by atoms with van der Waals surface area (Å²) in [5, 5.41) is 0.970. The lowest BCUT2D eigenvalue weighted by molar-refractivity contribution is 0.0979. The molecule has 1 saturated carbocycles. The van der Waals surface area contributed by atoms with Crippen molar-refractivity contribution in [2.45, 2.75) is 44.9 Å². The summed E-state index contributed by atoms with van der Waals surface area (Å²) in [7, 11) is 0. The Hall–Kier alpha value is -2.48. The Kier molecular flexibility index (Phi) is 5.10. The molecule has 132 valence electrons. The van der Waals surface area contributed by atoms with Gasteiger partial charge in [-0.15, -0.1) is 0 Å². The molecule has 0 N–H and O–H groups in total. The molecule has 1 fully saturated rings. The number of aromatic nitrogens is 1. The number of ketones is 1. The Morgan fingerprint density at radius 1 is 0.962 bits per heavy atom. The van der Waals surface area contributed by atoms with E-state index in [2.05, 4.69) is 0 Å². The van der Waals surface area contributed by atoms with Crippen LogP contribution in [0.1, 0.15) is 55.3 Å². The molecular formula is C24H25NO. The molecule has 1 aliphatic carbocycles. The van der Waals surface area contributed by atoms with E-state index in [0.29, 0.717) is 6.42 Å². The summed E-state index contributed by atoms with van der Waals surface area (Å²) in [5.74, 6) is 1.09. The molecule has 2 aromatic carbocycles. The molecular weight excluding hydrogens is 318 g/mol. The summed E-state index contributed by atoms with van der Waals surface area (Å²) in [5.41, 5.74) is 3.65. The van der Waals surface area contributed by atoms with Gasteiger partial charge in [0, 0.05) is 22.9 Å². The van der Waals surface area contributed by atoms with E-state index in [1.54, 1.807) is 0 Å². The summed E-state index contributed by atoms with van der Waals surface area (Å²) in [4.78, 5) is 17.8. The highest BCUT2D eigenvalue weighted by molar-refractivity contribution is 6.08. The second kappa shape index (κ2) is 7.82. The minimum absolute atomic E-state index is 0.249. The first-order chi connectivity index (χ1) is 12.8. The first kappa shape index (κ1) is 17.0. The quantitative estimate of drug-likeness (QED) is 0.482. The third-order valence-electron chi connectivity index (χ3n) is 5.58. The topological polar surface area (TPSA) is 30.0 Å². The van der Waals surface area contributed by atoms with Gasteiger partial charge in [-0.2, -0.15) is 0 Å². The van der Waals surface area contributed by atoms with Gasteiger partial charge in [0.1, 0.15) is 0 Å². The van der Waals surface area contributed by atoms with Gasteiger partial charge in [0.15, 0.2) is 5.78 Å². The number of para-hydroxylation sites is 1. The molecule has 26 heavy (non-hydrogen) atoms. The fourth-order valence-electron chi connectivity index (χ4n) is 4.15. The number of hydrogen-bond donors (Lipinski definition) is 0. The van der Waals surface area contributed by atoms with Crippen LogP contribution in [-0.4, -0.2) is 10.8 Å². The molecule has 2 heteroatoms. The highest BCUT2D eigenvalue weighted by atomic mass is 16.1. The van der Waals surface area contributed by atoms with E-state index in [1.807, 2.05) is 60.7 Å². The molecule has 1 aliphatic rings. The van der Waals surface area contributed by atoms with Crippen LogP contribution in [0.2, 0.25) is 0 Å². The van der Waals surface area contributed by atoms with Crippen molar-refractivity contribution >= 4 is 16.7 Å². The Bertz CT molecular complexity index is 894. The SMILES string of the molecule is O=C(CCCC1CCCC1)c1cc(-c2ccccc2)nc2ccccc12. The minimum Gasteiger partial charge on any atom is -0.294 e. The molecule has 1 aromatic heterocycles. The molecule has 4 rings (SSSR count). The van der Waals surface area contributed by atoms with Gasteiger partial charge in [0.25, 0.3) is 0 Å². The normalized spacial score (nSPS) is 14.8. The van der Waals surface area contributed by atoms with Crippen molar-refractivity contribution in [3.63, 3.8) is 0 Å². The van der Waals surface area contributed by atoms with Crippen molar-refractivity contribution in [1.29, 1.82) is 0 Å². The highest BCUT2D eigenvalue weighted by Gasteiger charge is 2.17. The number of fused-ring (bicyclic) bond motifs is 1. The Labute approximate surface area is 155 Å². The number of pyridine rings is 1. The van der Waals surface area contributed by atoms with Crippen molar-refractivity contribution in [1.82, 2.24) is 4.98 Å². The summed E-state index contributed by atoms with van der Waals surface area (Å²) < 4.78 is 0. The molecule has 0 amide bonds. The molecule has 0 bridgehead atoms. The van der Waals surface area contributed by atoms with Gasteiger partial charge >= 0.3 is 0 Å². The zero-order valence-corrected chi connectivity index (χ0v) is 15.2. The van der Waals surface area contributed by atoms with Gasteiger partial charge < -0.3 is 0 Å². The summed E-state index contributed by atoms with van der Waals surface area (Å²) >= 11 is 0. The van der Waals surface area contributed by atoms with E-state index in [-0.39, 0.29) is 5.78 Å². The third-order valence-corrected chi connectivity index (χ3v) is 5.58. The lowest BCUT2D eigenvalue weighted by Crippen LogP contribution is -2.03. The lowest BCUT2D eigenvalue weighted by Gasteiger charge is -2.11. The number of hydrogen-bond acceptors (Lipinski definition) is 2. The van der Waals surface area contributed by atoms with Crippen LogP contribution >= 0.6 is 0 Å². The maximum atomic E-state index is 13.0. The molecule has 2 nitrogen and oxygen atoms in total. The van der Waals surface area contributed by atoms with Crippen molar-refractivity contribution in [3.8, 4) is 11.3 Å². The van der Waals surface area contributed by atoms with Gasteiger partial charge in [-0.3, -0.25) is 4.79 Å².